The van der Waals surface area contributed by atoms with E-state index in [0.29, 0.717) is 12.1 Å². The Morgan fingerprint density at radius 1 is 1.16 bits per heavy atom. The van der Waals surface area contributed by atoms with E-state index < -0.39 is 5.41 Å². The minimum atomic E-state index is -0.453. The zero-order chi connectivity index (χ0) is 18.8. The molecule has 1 aromatic heterocycles. The fraction of sp³-hybridized carbons (Fsp3) is 0.421. The molecule has 0 bridgehead atoms. The molecule has 0 saturated heterocycles. The number of rotatable bonds is 5. The Hall–Kier alpha value is -1.95. The Bertz CT molecular complexity index is 786. The Labute approximate surface area is 156 Å². The van der Waals surface area contributed by atoms with Crippen molar-refractivity contribution in [3.05, 3.63) is 51.3 Å². The summed E-state index contributed by atoms with van der Waals surface area (Å²) in [4.78, 5) is 24.1. The lowest BCUT2D eigenvalue weighted by Gasteiger charge is -2.16. The van der Waals surface area contributed by atoms with Gasteiger partial charge >= 0.3 is 0 Å². The number of benzene rings is 1. The summed E-state index contributed by atoms with van der Waals surface area (Å²) in [7, 11) is 0. The molecule has 0 aliphatic rings. The van der Waals surface area contributed by atoms with Crippen molar-refractivity contribution < 1.29 is 9.59 Å². The van der Waals surface area contributed by atoms with Crippen LogP contribution in [-0.4, -0.2) is 28.0 Å². The van der Waals surface area contributed by atoms with Gasteiger partial charge in [0, 0.05) is 11.0 Å². The summed E-state index contributed by atoms with van der Waals surface area (Å²) >= 11 is 3.52. The highest BCUT2D eigenvalue weighted by Crippen LogP contribution is 2.20. The van der Waals surface area contributed by atoms with Crippen LogP contribution in [0.1, 0.15) is 48.1 Å². The smallest absolute Gasteiger partial charge is 0.251 e. The van der Waals surface area contributed by atoms with Gasteiger partial charge in [-0.15, -0.1) is 0 Å². The highest BCUT2D eigenvalue weighted by atomic mass is 79.9. The molecule has 0 atom stereocenters. The molecule has 5 nitrogen and oxygen atoms in total. The molecule has 0 saturated carbocycles. The van der Waals surface area contributed by atoms with Crippen molar-refractivity contribution >= 4 is 27.6 Å². The van der Waals surface area contributed by atoms with Crippen molar-refractivity contribution in [2.24, 2.45) is 5.41 Å². The Kier molecular flexibility index (Phi) is 5.83. The number of ketones is 1. The average molecular weight is 406 g/mol. The van der Waals surface area contributed by atoms with Crippen LogP contribution in [0.4, 0.5) is 0 Å². The highest BCUT2D eigenvalue weighted by Gasteiger charge is 2.21. The van der Waals surface area contributed by atoms with E-state index in [9.17, 15) is 9.59 Å². The average Bonchev–Trinajstić information content (AvgIpc) is 2.79. The number of amides is 1. The SMILES string of the molecule is Cc1nn(Cc2ccc(C(=O)NCC(=O)C(C)(C)C)cc2)c(C)c1Br. The first-order valence-electron chi connectivity index (χ1n) is 8.19. The van der Waals surface area contributed by atoms with Crippen LogP contribution in [0, 0.1) is 19.3 Å². The zero-order valence-corrected chi connectivity index (χ0v) is 16.9. The summed E-state index contributed by atoms with van der Waals surface area (Å²) in [6.45, 7) is 10.2. The van der Waals surface area contributed by atoms with Gasteiger partial charge in [0.1, 0.15) is 0 Å². The predicted molar refractivity (Wildman–Crippen MR) is 102 cm³/mol. The molecular formula is C19H24BrN3O2. The van der Waals surface area contributed by atoms with Gasteiger partial charge in [-0.3, -0.25) is 14.3 Å². The fourth-order valence-corrected chi connectivity index (χ4v) is 2.58. The second kappa shape index (κ2) is 7.52. The number of halogens is 1. The molecule has 0 radical (unpaired) electrons. The van der Waals surface area contributed by atoms with Crippen LogP contribution >= 0.6 is 15.9 Å². The topological polar surface area (TPSA) is 64.0 Å². The van der Waals surface area contributed by atoms with Crippen LogP contribution in [-0.2, 0) is 11.3 Å². The third-order valence-electron chi connectivity index (χ3n) is 4.09. The van der Waals surface area contributed by atoms with Gasteiger partial charge in [-0.2, -0.15) is 5.10 Å². The molecule has 0 unspecified atom stereocenters. The molecule has 1 heterocycles. The van der Waals surface area contributed by atoms with Crippen LogP contribution in [0.15, 0.2) is 28.7 Å². The van der Waals surface area contributed by atoms with Crippen LogP contribution < -0.4 is 5.32 Å². The first-order valence-corrected chi connectivity index (χ1v) is 8.99. The van der Waals surface area contributed by atoms with E-state index >= 15 is 0 Å². The van der Waals surface area contributed by atoms with Crippen molar-refractivity contribution in [2.75, 3.05) is 6.54 Å². The first kappa shape index (κ1) is 19.4. The van der Waals surface area contributed by atoms with Gasteiger partial charge in [0.05, 0.1) is 29.0 Å². The van der Waals surface area contributed by atoms with Gasteiger partial charge in [0.15, 0.2) is 5.78 Å². The molecule has 0 aliphatic carbocycles. The lowest BCUT2D eigenvalue weighted by atomic mass is 9.91. The first-order chi connectivity index (χ1) is 11.6. The van der Waals surface area contributed by atoms with Crippen molar-refractivity contribution in [1.29, 1.82) is 0 Å². The van der Waals surface area contributed by atoms with Gasteiger partial charge in [0.25, 0.3) is 5.91 Å². The van der Waals surface area contributed by atoms with Crippen molar-refractivity contribution in [3.8, 4) is 0 Å². The summed E-state index contributed by atoms with van der Waals surface area (Å²) in [5.74, 6) is -0.231. The summed E-state index contributed by atoms with van der Waals surface area (Å²) in [6.07, 6.45) is 0. The van der Waals surface area contributed by atoms with E-state index in [2.05, 4.69) is 26.3 Å². The molecule has 25 heavy (non-hydrogen) atoms. The van der Waals surface area contributed by atoms with Crippen molar-refractivity contribution in [2.45, 2.75) is 41.2 Å². The van der Waals surface area contributed by atoms with Gasteiger partial charge in [0.2, 0.25) is 0 Å². The fourth-order valence-electron chi connectivity index (χ4n) is 2.29. The number of aryl methyl sites for hydroxylation is 1. The quantitative estimate of drug-likeness (QED) is 0.825. The maximum Gasteiger partial charge on any atom is 0.251 e. The largest absolute Gasteiger partial charge is 0.345 e. The summed E-state index contributed by atoms with van der Waals surface area (Å²) in [5, 5.41) is 7.17. The molecule has 0 fully saturated rings. The lowest BCUT2D eigenvalue weighted by molar-refractivity contribution is -0.125. The van der Waals surface area contributed by atoms with E-state index in [1.165, 1.54) is 0 Å². The number of aromatic nitrogens is 2. The van der Waals surface area contributed by atoms with Crippen LogP contribution in [0.25, 0.3) is 0 Å². The number of hydrogen-bond donors (Lipinski definition) is 1. The van der Waals surface area contributed by atoms with Gasteiger partial charge in [-0.1, -0.05) is 32.9 Å². The third-order valence-corrected chi connectivity index (χ3v) is 5.24. The molecule has 2 rings (SSSR count). The molecular weight excluding hydrogens is 382 g/mol. The van der Waals surface area contributed by atoms with Crippen molar-refractivity contribution in [3.63, 3.8) is 0 Å². The van der Waals surface area contributed by atoms with Crippen LogP contribution in [0.2, 0.25) is 0 Å². The Morgan fingerprint density at radius 2 is 1.76 bits per heavy atom. The molecule has 1 N–H and O–H groups in total. The number of carbonyl (C=O) groups is 2. The van der Waals surface area contributed by atoms with Crippen molar-refractivity contribution in [1.82, 2.24) is 15.1 Å². The third kappa shape index (κ3) is 4.78. The van der Waals surface area contributed by atoms with E-state index in [1.54, 1.807) is 12.1 Å². The Morgan fingerprint density at radius 3 is 2.24 bits per heavy atom. The highest BCUT2D eigenvalue weighted by molar-refractivity contribution is 9.10. The molecule has 1 amide bonds. The number of hydrogen-bond acceptors (Lipinski definition) is 3. The van der Waals surface area contributed by atoms with E-state index in [4.69, 9.17) is 0 Å². The van der Waals surface area contributed by atoms with E-state index in [0.717, 1.165) is 21.4 Å². The van der Waals surface area contributed by atoms with E-state index in [1.807, 2.05) is 51.4 Å². The monoisotopic (exact) mass is 405 g/mol. The Balaban J connectivity index is 2.00. The maximum atomic E-state index is 12.2. The number of Topliss-reactive ketones (excluding diaryl/α,β-unsaturated/α-hetero) is 1. The van der Waals surface area contributed by atoms with Gasteiger partial charge < -0.3 is 5.32 Å². The number of nitrogens with zero attached hydrogens (tertiary/aromatic N) is 2. The van der Waals surface area contributed by atoms with Crippen LogP contribution in [0.5, 0.6) is 0 Å². The normalized spacial score (nSPS) is 11.4. The standard InChI is InChI=1S/C19H24BrN3O2/c1-12-17(20)13(2)23(22-12)11-14-6-8-15(9-7-14)18(25)21-10-16(24)19(3,4)5/h6-9H,10-11H2,1-5H3,(H,21,25). The molecule has 6 heteroatoms. The molecule has 2 aromatic rings. The summed E-state index contributed by atoms with van der Waals surface area (Å²) < 4.78 is 2.95. The molecule has 0 spiro atoms. The predicted octanol–water partition coefficient (Wildman–Crippen LogP) is 3.66. The van der Waals surface area contributed by atoms with Gasteiger partial charge in [-0.05, 0) is 47.5 Å². The number of carbonyl (C=O) groups excluding carboxylic acids is 2. The minimum absolute atomic E-state index is 0.00701. The second-order valence-electron chi connectivity index (χ2n) is 7.20. The molecule has 1 aromatic carbocycles. The summed E-state index contributed by atoms with van der Waals surface area (Å²) in [5.41, 5.74) is 3.17. The van der Waals surface area contributed by atoms with E-state index in [-0.39, 0.29) is 18.2 Å². The number of nitrogens with one attached hydrogen (secondary N) is 1. The minimum Gasteiger partial charge on any atom is -0.345 e. The summed E-state index contributed by atoms with van der Waals surface area (Å²) in [6, 6.07) is 7.36. The zero-order valence-electron chi connectivity index (χ0n) is 15.3. The molecule has 134 valence electrons. The molecule has 0 aliphatic heterocycles. The second-order valence-corrected chi connectivity index (χ2v) is 7.99. The van der Waals surface area contributed by atoms with Crippen LogP contribution in [0.3, 0.4) is 0 Å². The van der Waals surface area contributed by atoms with Gasteiger partial charge in [-0.25, -0.2) is 0 Å². The lowest BCUT2D eigenvalue weighted by Crippen LogP contribution is -2.35. The maximum absolute atomic E-state index is 12.2.